The minimum Gasteiger partial charge on any atom is -0.378 e. The summed E-state index contributed by atoms with van der Waals surface area (Å²) in [6.07, 6.45) is 0.911. The first-order chi connectivity index (χ1) is 13.2. The minimum absolute atomic E-state index is 0.749. The van der Waals surface area contributed by atoms with Crippen LogP contribution >= 0.6 is 11.3 Å². The summed E-state index contributed by atoms with van der Waals surface area (Å²) >= 11 is 1.77. The number of guanidine groups is 1. The molecule has 27 heavy (non-hydrogen) atoms. The molecule has 0 spiro atoms. The van der Waals surface area contributed by atoms with Gasteiger partial charge >= 0.3 is 0 Å². The van der Waals surface area contributed by atoms with Crippen molar-refractivity contribution in [2.24, 2.45) is 4.99 Å². The molecule has 1 aromatic heterocycles. The SMILES string of the molecule is CN=C(NCCc1nc(C)c(C)s1)NCc1ccc(N2CCOCC2)cc1. The quantitative estimate of drug-likeness (QED) is 0.589. The van der Waals surface area contributed by atoms with Crippen molar-refractivity contribution in [1.82, 2.24) is 15.6 Å². The number of morpholine rings is 1. The second-order valence-electron chi connectivity index (χ2n) is 6.62. The molecular formula is C20H29N5OS. The highest BCUT2D eigenvalue weighted by Gasteiger charge is 2.10. The van der Waals surface area contributed by atoms with Crippen molar-refractivity contribution in [2.45, 2.75) is 26.8 Å². The predicted octanol–water partition coefficient (Wildman–Crippen LogP) is 2.50. The summed E-state index contributed by atoms with van der Waals surface area (Å²) < 4.78 is 5.41. The zero-order valence-corrected chi connectivity index (χ0v) is 17.2. The Balaban J connectivity index is 1.43. The lowest BCUT2D eigenvalue weighted by Gasteiger charge is -2.28. The summed E-state index contributed by atoms with van der Waals surface area (Å²) in [5.41, 5.74) is 3.64. The summed E-state index contributed by atoms with van der Waals surface area (Å²) in [6, 6.07) is 8.72. The van der Waals surface area contributed by atoms with Crippen LogP contribution in [-0.4, -0.2) is 50.8 Å². The molecule has 0 aliphatic carbocycles. The van der Waals surface area contributed by atoms with E-state index in [0.717, 1.165) is 57.5 Å². The molecule has 1 aliphatic rings. The molecule has 6 nitrogen and oxygen atoms in total. The van der Waals surface area contributed by atoms with Crippen LogP contribution in [0.1, 0.15) is 21.1 Å². The minimum atomic E-state index is 0.749. The normalized spacial score (nSPS) is 15.1. The first kappa shape index (κ1) is 19.6. The lowest BCUT2D eigenvalue weighted by Crippen LogP contribution is -2.38. The molecule has 2 aromatic rings. The number of hydrogen-bond acceptors (Lipinski definition) is 5. The highest BCUT2D eigenvalue weighted by atomic mass is 32.1. The summed E-state index contributed by atoms with van der Waals surface area (Å²) in [5, 5.41) is 7.91. The second kappa shape index (κ2) is 9.71. The van der Waals surface area contributed by atoms with Crippen LogP contribution < -0.4 is 15.5 Å². The number of nitrogens with one attached hydrogen (secondary N) is 2. The number of rotatable bonds is 6. The van der Waals surface area contributed by atoms with E-state index < -0.39 is 0 Å². The van der Waals surface area contributed by atoms with E-state index in [-0.39, 0.29) is 0 Å². The molecule has 0 radical (unpaired) electrons. The zero-order chi connectivity index (χ0) is 19.1. The van der Waals surface area contributed by atoms with Gasteiger partial charge in [0.1, 0.15) is 0 Å². The summed E-state index contributed by atoms with van der Waals surface area (Å²) in [5.74, 6) is 0.817. The third-order valence-corrected chi connectivity index (χ3v) is 5.83. The smallest absolute Gasteiger partial charge is 0.191 e. The Bertz CT molecular complexity index is 731. The third kappa shape index (κ3) is 5.68. The number of hydrogen-bond donors (Lipinski definition) is 2. The van der Waals surface area contributed by atoms with E-state index in [2.05, 4.69) is 63.6 Å². The Morgan fingerprint density at radius 1 is 1.19 bits per heavy atom. The molecule has 146 valence electrons. The largest absolute Gasteiger partial charge is 0.378 e. The summed E-state index contributed by atoms with van der Waals surface area (Å²) in [6.45, 7) is 9.30. The number of nitrogens with zero attached hydrogens (tertiary/aromatic N) is 3. The number of aliphatic imine (C=N–C) groups is 1. The molecule has 3 rings (SSSR count). The van der Waals surface area contributed by atoms with E-state index in [9.17, 15) is 0 Å². The molecule has 1 fully saturated rings. The molecule has 1 aliphatic heterocycles. The van der Waals surface area contributed by atoms with Crippen LogP contribution in [0.2, 0.25) is 0 Å². The molecule has 1 aromatic carbocycles. The maximum Gasteiger partial charge on any atom is 0.191 e. The summed E-state index contributed by atoms with van der Waals surface area (Å²) in [7, 11) is 1.80. The molecule has 0 saturated carbocycles. The monoisotopic (exact) mass is 387 g/mol. The van der Waals surface area contributed by atoms with Gasteiger partial charge in [-0.3, -0.25) is 4.99 Å². The summed E-state index contributed by atoms with van der Waals surface area (Å²) in [4.78, 5) is 12.5. The van der Waals surface area contributed by atoms with E-state index in [1.165, 1.54) is 21.1 Å². The lowest BCUT2D eigenvalue weighted by atomic mass is 10.2. The van der Waals surface area contributed by atoms with Crippen LogP contribution in [0.15, 0.2) is 29.3 Å². The van der Waals surface area contributed by atoms with E-state index >= 15 is 0 Å². The Morgan fingerprint density at radius 3 is 2.56 bits per heavy atom. The fourth-order valence-corrected chi connectivity index (χ4v) is 3.92. The van der Waals surface area contributed by atoms with E-state index in [4.69, 9.17) is 4.74 Å². The Hall–Kier alpha value is -2.12. The molecule has 2 heterocycles. The average Bonchev–Trinajstić information content (AvgIpc) is 3.03. The number of aryl methyl sites for hydroxylation is 2. The molecule has 0 atom stereocenters. The highest BCUT2D eigenvalue weighted by molar-refractivity contribution is 7.11. The van der Waals surface area contributed by atoms with Crippen LogP contribution in [0.3, 0.4) is 0 Å². The van der Waals surface area contributed by atoms with Gasteiger partial charge in [0, 0.05) is 50.2 Å². The number of aromatic nitrogens is 1. The number of thiazole rings is 1. The first-order valence-corrected chi connectivity index (χ1v) is 10.3. The van der Waals surface area contributed by atoms with E-state index in [1.807, 2.05) is 0 Å². The second-order valence-corrected chi connectivity index (χ2v) is 7.91. The van der Waals surface area contributed by atoms with Crippen molar-refractivity contribution < 1.29 is 4.74 Å². The number of anilines is 1. The fourth-order valence-electron chi connectivity index (χ4n) is 2.99. The van der Waals surface area contributed by atoms with E-state index in [0.29, 0.717) is 0 Å². The van der Waals surface area contributed by atoms with Crippen molar-refractivity contribution >= 4 is 23.0 Å². The molecular weight excluding hydrogens is 358 g/mol. The fraction of sp³-hybridized carbons (Fsp3) is 0.500. The van der Waals surface area contributed by atoms with Gasteiger partial charge in [-0.25, -0.2) is 4.98 Å². The van der Waals surface area contributed by atoms with Gasteiger partial charge in [0.2, 0.25) is 0 Å². The van der Waals surface area contributed by atoms with Crippen molar-refractivity contribution in [2.75, 3.05) is 44.8 Å². The Morgan fingerprint density at radius 2 is 1.93 bits per heavy atom. The van der Waals surface area contributed by atoms with Crippen LogP contribution in [0, 0.1) is 13.8 Å². The third-order valence-electron chi connectivity index (χ3n) is 4.70. The van der Waals surface area contributed by atoms with Gasteiger partial charge in [-0.2, -0.15) is 0 Å². The molecule has 0 amide bonds. The Labute approximate surface area is 165 Å². The molecule has 0 bridgehead atoms. The maximum absolute atomic E-state index is 5.41. The first-order valence-electron chi connectivity index (χ1n) is 9.45. The topological polar surface area (TPSA) is 61.8 Å². The van der Waals surface area contributed by atoms with Gasteiger partial charge in [0.15, 0.2) is 5.96 Å². The van der Waals surface area contributed by atoms with Crippen LogP contribution in [-0.2, 0) is 17.7 Å². The predicted molar refractivity (Wildman–Crippen MR) is 113 cm³/mol. The molecule has 2 N–H and O–H groups in total. The Kier molecular flexibility index (Phi) is 7.06. The number of ether oxygens (including phenoxy) is 1. The van der Waals surface area contributed by atoms with Crippen molar-refractivity contribution in [3.63, 3.8) is 0 Å². The standard InChI is InChI=1S/C20H29N5OS/c1-15-16(2)27-19(24-15)8-9-22-20(21-3)23-14-17-4-6-18(7-5-17)25-10-12-26-13-11-25/h4-7H,8-14H2,1-3H3,(H2,21,22,23). The van der Waals surface area contributed by atoms with Gasteiger partial charge in [-0.1, -0.05) is 12.1 Å². The van der Waals surface area contributed by atoms with Crippen molar-refractivity contribution in [3.8, 4) is 0 Å². The van der Waals surface area contributed by atoms with Crippen molar-refractivity contribution in [3.05, 3.63) is 45.4 Å². The van der Waals surface area contributed by atoms with Gasteiger partial charge in [-0.15, -0.1) is 11.3 Å². The van der Waals surface area contributed by atoms with Crippen LogP contribution in [0.25, 0.3) is 0 Å². The van der Waals surface area contributed by atoms with Crippen LogP contribution in [0.5, 0.6) is 0 Å². The van der Waals surface area contributed by atoms with Gasteiger partial charge in [-0.05, 0) is 31.5 Å². The van der Waals surface area contributed by atoms with Crippen LogP contribution in [0.4, 0.5) is 5.69 Å². The van der Waals surface area contributed by atoms with E-state index in [1.54, 1.807) is 18.4 Å². The average molecular weight is 388 g/mol. The number of benzene rings is 1. The molecule has 0 unspecified atom stereocenters. The van der Waals surface area contributed by atoms with Gasteiger partial charge in [0.05, 0.1) is 23.9 Å². The van der Waals surface area contributed by atoms with Gasteiger partial charge < -0.3 is 20.3 Å². The van der Waals surface area contributed by atoms with Gasteiger partial charge in [0.25, 0.3) is 0 Å². The van der Waals surface area contributed by atoms with Crippen molar-refractivity contribution in [1.29, 1.82) is 0 Å². The molecule has 1 saturated heterocycles. The maximum atomic E-state index is 5.41. The lowest BCUT2D eigenvalue weighted by molar-refractivity contribution is 0.122. The zero-order valence-electron chi connectivity index (χ0n) is 16.4. The highest BCUT2D eigenvalue weighted by Crippen LogP contribution is 2.17. The molecule has 7 heteroatoms.